The molecule has 0 radical (unpaired) electrons. The Morgan fingerprint density at radius 1 is 0.905 bits per heavy atom. The Hall–Kier alpha value is -5.00. The van der Waals surface area contributed by atoms with Crippen molar-refractivity contribution in [3.05, 3.63) is 124 Å². The summed E-state index contributed by atoms with van der Waals surface area (Å²) in [6.07, 6.45) is 0. The molecule has 210 valence electrons. The van der Waals surface area contributed by atoms with E-state index in [0.29, 0.717) is 45.6 Å². The number of amides is 2. The van der Waals surface area contributed by atoms with Gasteiger partial charge in [0, 0.05) is 22.6 Å². The summed E-state index contributed by atoms with van der Waals surface area (Å²) in [6, 6.07) is 32.6. The molecule has 3 N–H and O–H groups in total. The van der Waals surface area contributed by atoms with Crippen molar-refractivity contribution < 1.29 is 14.3 Å². The second kappa shape index (κ2) is 13.1. The Balaban J connectivity index is 1.41. The molecule has 0 fully saturated rings. The molecule has 0 aliphatic carbocycles. The number of nitrogens with zero attached hydrogens (tertiary/aromatic N) is 1. The number of anilines is 2. The van der Waals surface area contributed by atoms with Crippen LogP contribution >= 0.6 is 11.8 Å². The molecule has 2 amide bonds. The SMILES string of the molecule is CCOc1ccc([C@@H]2C(C#N)=C(SCC(=O)Nc3ccc4ccccc4c3)NC(C)=C2C(=O)Nc2ccccc2)cc1. The Kier molecular flexibility index (Phi) is 8.90. The number of dihydropyridines is 1. The van der Waals surface area contributed by atoms with E-state index in [1.54, 1.807) is 0 Å². The smallest absolute Gasteiger partial charge is 0.254 e. The van der Waals surface area contributed by atoms with Crippen LogP contribution in [0.3, 0.4) is 0 Å². The number of ether oxygens (including phenoxy) is 1. The van der Waals surface area contributed by atoms with E-state index in [1.165, 1.54) is 11.8 Å². The quantitative estimate of drug-likeness (QED) is 0.200. The van der Waals surface area contributed by atoms with Gasteiger partial charge < -0.3 is 20.7 Å². The van der Waals surface area contributed by atoms with Gasteiger partial charge in [-0.1, -0.05) is 72.4 Å². The van der Waals surface area contributed by atoms with E-state index in [2.05, 4.69) is 22.0 Å². The number of carbonyl (C=O) groups excluding carboxylic acids is 2. The van der Waals surface area contributed by atoms with Crippen molar-refractivity contribution in [3.63, 3.8) is 0 Å². The highest BCUT2D eigenvalue weighted by Crippen LogP contribution is 2.41. The molecule has 1 heterocycles. The highest BCUT2D eigenvalue weighted by Gasteiger charge is 2.35. The lowest BCUT2D eigenvalue weighted by Gasteiger charge is -2.30. The lowest BCUT2D eigenvalue weighted by molar-refractivity contribution is -0.114. The molecule has 0 unspecified atom stereocenters. The number of nitriles is 1. The minimum Gasteiger partial charge on any atom is -0.494 e. The molecule has 0 aromatic heterocycles. The molecule has 0 saturated heterocycles. The first-order chi connectivity index (χ1) is 20.5. The second-order valence-electron chi connectivity index (χ2n) is 9.67. The van der Waals surface area contributed by atoms with Gasteiger partial charge >= 0.3 is 0 Å². The molecule has 7 nitrogen and oxygen atoms in total. The zero-order valence-corrected chi connectivity index (χ0v) is 24.1. The number of para-hydroxylation sites is 1. The second-order valence-corrected chi connectivity index (χ2v) is 10.7. The van der Waals surface area contributed by atoms with Crippen LogP contribution in [0.5, 0.6) is 5.75 Å². The van der Waals surface area contributed by atoms with Crippen LogP contribution < -0.4 is 20.7 Å². The van der Waals surface area contributed by atoms with Crippen LogP contribution in [-0.4, -0.2) is 24.2 Å². The van der Waals surface area contributed by atoms with Crippen LogP contribution in [0.15, 0.2) is 119 Å². The maximum atomic E-state index is 13.6. The molecule has 1 atom stereocenters. The molecular formula is C34H30N4O3S. The molecule has 0 spiro atoms. The van der Waals surface area contributed by atoms with Gasteiger partial charge in [-0.15, -0.1) is 0 Å². The summed E-state index contributed by atoms with van der Waals surface area (Å²) in [7, 11) is 0. The average molecular weight is 575 g/mol. The number of benzene rings is 4. The van der Waals surface area contributed by atoms with E-state index in [0.717, 1.165) is 16.3 Å². The molecule has 1 aliphatic heterocycles. The molecule has 0 bridgehead atoms. The van der Waals surface area contributed by atoms with Gasteiger partial charge in [0.05, 0.1) is 34.9 Å². The Labute approximate surface area is 249 Å². The Morgan fingerprint density at radius 2 is 1.62 bits per heavy atom. The minimum atomic E-state index is -0.637. The van der Waals surface area contributed by atoms with E-state index in [9.17, 15) is 14.9 Å². The molecule has 4 aromatic carbocycles. The maximum Gasteiger partial charge on any atom is 0.254 e. The molecule has 1 aliphatic rings. The molecule has 42 heavy (non-hydrogen) atoms. The number of hydrogen-bond acceptors (Lipinski definition) is 6. The monoisotopic (exact) mass is 574 g/mol. The van der Waals surface area contributed by atoms with Crippen LogP contribution in [0.2, 0.25) is 0 Å². The summed E-state index contributed by atoms with van der Waals surface area (Å²) < 4.78 is 5.61. The minimum absolute atomic E-state index is 0.0785. The molecular weight excluding hydrogens is 544 g/mol. The predicted molar refractivity (Wildman–Crippen MR) is 169 cm³/mol. The van der Waals surface area contributed by atoms with Crippen molar-refractivity contribution >= 4 is 45.7 Å². The predicted octanol–water partition coefficient (Wildman–Crippen LogP) is 6.95. The van der Waals surface area contributed by atoms with Gasteiger partial charge in [0.2, 0.25) is 5.91 Å². The van der Waals surface area contributed by atoms with Crippen LogP contribution in [0.1, 0.15) is 25.3 Å². The highest BCUT2D eigenvalue weighted by atomic mass is 32.2. The van der Waals surface area contributed by atoms with Crippen molar-refractivity contribution in [2.45, 2.75) is 19.8 Å². The maximum absolute atomic E-state index is 13.6. The van der Waals surface area contributed by atoms with Crippen LogP contribution in [0.4, 0.5) is 11.4 Å². The van der Waals surface area contributed by atoms with Gasteiger partial charge in [-0.3, -0.25) is 9.59 Å². The fourth-order valence-corrected chi connectivity index (χ4v) is 5.80. The number of nitrogens with one attached hydrogen (secondary N) is 3. The van der Waals surface area contributed by atoms with Gasteiger partial charge in [-0.05, 0) is 66.6 Å². The molecule has 8 heteroatoms. The molecule has 5 rings (SSSR count). The van der Waals surface area contributed by atoms with Crippen LogP contribution in [0.25, 0.3) is 10.8 Å². The van der Waals surface area contributed by atoms with E-state index in [-0.39, 0.29) is 17.6 Å². The number of carbonyl (C=O) groups is 2. The normalized spacial score (nSPS) is 14.6. The van der Waals surface area contributed by atoms with Gasteiger partial charge in [0.1, 0.15) is 5.75 Å². The summed E-state index contributed by atoms with van der Waals surface area (Å²) in [5, 5.41) is 22.2. The summed E-state index contributed by atoms with van der Waals surface area (Å²) >= 11 is 1.24. The summed E-state index contributed by atoms with van der Waals surface area (Å²) in [5.41, 5.74) is 3.54. The summed E-state index contributed by atoms with van der Waals surface area (Å²) in [5.74, 6) is -0.366. The third kappa shape index (κ3) is 6.48. The van der Waals surface area contributed by atoms with Crippen molar-refractivity contribution in [3.8, 4) is 11.8 Å². The number of fused-ring (bicyclic) bond motifs is 1. The first-order valence-corrected chi connectivity index (χ1v) is 14.6. The fourth-order valence-electron chi connectivity index (χ4n) is 4.91. The van der Waals surface area contributed by atoms with Gasteiger partial charge in [0.15, 0.2) is 0 Å². The first-order valence-electron chi connectivity index (χ1n) is 13.6. The third-order valence-electron chi connectivity index (χ3n) is 6.83. The van der Waals surface area contributed by atoms with Crippen molar-refractivity contribution in [1.29, 1.82) is 5.26 Å². The number of allylic oxidation sites excluding steroid dienone is 2. The largest absolute Gasteiger partial charge is 0.494 e. The highest BCUT2D eigenvalue weighted by molar-refractivity contribution is 8.03. The molecule has 0 saturated carbocycles. The van der Waals surface area contributed by atoms with E-state index >= 15 is 0 Å². The zero-order chi connectivity index (χ0) is 29.5. The van der Waals surface area contributed by atoms with Crippen molar-refractivity contribution in [1.82, 2.24) is 5.32 Å². The lowest BCUT2D eigenvalue weighted by atomic mass is 9.82. The van der Waals surface area contributed by atoms with Crippen molar-refractivity contribution in [2.24, 2.45) is 0 Å². The fraction of sp³-hybridized carbons (Fsp3) is 0.147. The average Bonchev–Trinajstić information content (AvgIpc) is 3.00. The zero-order valence-electron chi connectivity index (χ0n) is 23.3. The van der Waals surface area contributed by atoms with Gasteiger partial charge in [0.25, 0.3) is 5.91 Å². The van der Waals surface area contributed by atoms with E-state index < -0.39 is 5.92 Å². The number of hydrogen-bond donors (Lipinski definition) is 3. The standard InChI is InChI=1S/C34H30N4O3S/c1-3-41-28-17-14-24(15-18-28)32-29(20-35)34(36-22(2)31(32)33(40)38-26-11-5-4-6-12-26)42-21-30(39)37-27-16-13-23-9-7-8-10-25(23)19-27/h4-19,32,36H,3,21H2,1-2H3,(H,37,39)(H,38,40)/t32-/m1/s1. The summed E-state index contributed by atoms with van der Waals surface area (Å²) in [4.78, 5) is 26.6. The van der Waals surface area contributed by atoms with Crippen LogP contribution in [-0.2, 0) is 9.59 Å². The summed E-state index contributed by atoms with van der Waals surface area (Å²) in [6.45, 7) is 4.25. The lowest BCUT2D eigenvalue weighted by Crippen LogP contribution is -2.31. The van der Waals surface area contributed by atoms with E-state index in [1.807, 2.05) is 111 Å². The Bertz CT molecular complexity index is 1720. The number of rotatable bonds is 9. The topological polar surface area (TPSA) is 103 Å². The Morgan fingerprint density at radius 3 is 2.33 bits per heavy atom. The van der Waals surface area contributed by atoms with Gasteiger partial charge in [-0.2, -0.15) is 5.26 Å². The molecule has 4 aromatic rings. The van der Waals surface area contributed by atoms with Gasteiger partial charge in [-0.25, -0.2) is 0 Å². The van der Waals surface area contributed by atoms with E-state index in [4.69, 9.17) is 4.74 Å². The third-order valence-corrected chi connectivity index (χ3v) is 7.85. The van der Waals surface area contributed by atoms with Crippen molar-refractivity contribution in [2.75, 3.05) is 23.0 Å². The number of thioether (sulfide) groups is 1. The van der Waals surface area contributed by atoms with Crippen LogP contribution in [0, 0.1) is 11.3 Å². The first kappa shape index (κ1) is 28.5.